The van der Waals surface area contributed by atoms with Crippen molar-refractivity contribution >= 4 is 34.2 Å². The van der Waals surface area contributed by atoms with Gasteiger partial charge in [-0.05, 0) is 37.3 Å². The molecule has 1 atom stereocenters. The number of aromatic nitrogens is 1. The maximum atomic E-state index is 12.9. The molecule has 8 nitrogen and oxygen atoms in total. The summed E-state index contributed by atoms with van der Waals surface area (Å²) in [6.45, 7) is 3.21. The van der Waals surface area contributed by atoms with Crippen molar-refractivity contribution in [1.82, 2.24) is 15.2 Å². The lowest BCUT2D eigenvalue weighted by atomic mass is 9.97. The summed E-state index contributed by atoms with van der Waals surface area (Å²) in [6.07, 6.45) is 6.20. The van der Waals surface area contributed by atoms with Crippen LogP contribution in [0.25, 0.3) is 11.3 Å². The minimum atomic E-state index is -0.270. The fraction of sp³-hybridized carbons (Fsp3) is 0.360. The van der Waals surface area contributed by atoms with Gasteiger partial charge in [0.25, 0.3) is 5.91 Å². The molecule has 0 saturated carbocycles. The van der Waals surface area contributed by atoms with Crippen LogP contribution in [0.5, 0.6) is 0 Å². The predicted molar refractivity (Wildman–Crippen MR) is 131 cm³/mol. The Morgan fingerprint density at radius 2 is 2.03 bits per heavy atom. The summed E-state index contributed by atoms with van der Waals surface area (Å²) in [7, 11) is 0. The van der Waals surface area contributed by atoms with Gasteiger partial charge in [0.2, 0.25) is 11.8 Å². The van der Waals surface area contributed by atoms with E-state index in [0.717, 1.165) is 36.9 Å². The molecule has 1 aliphatic rings. The van der Waals surface area contributed by atoms with Crippen LogP contribution < -0.4 is 10.6 Å². The van der Waals surface area contributed by atoms with E-state index in [4.69, 9.17) is 4.42 Å². The van der Waals surface area contributed by atoms with Crippen LogP contribution in [0.4, 0.5) is 5.13 Å². The van der Waals surface area contributed by atoms with E-state index in [2.05, 4.69) is 27.8 Å². The van der Waals surface area contributed by atoms with E-state index in [0.29, 0.717) is 30.3 Å². The third-order valence-electron chi connectivity index (χ3n) is 5.85. The summed E-state index contributed by atoms with van der Waals surface area (Å²) in [5.74, 6) is -0.500. The first-order chi connectivity index (χ1) is 16.5. The maximum Gasteiger partial charge on any atom is 0.257 e. The molecule has 178 valence electrons. The number of likely N-dealkylation sites (tertiary alicyclic amines) is 1. The number of aryl methyl sites for hydroxylation is 1. The highest BCUT2D eigenvalue weighted by molar-refractivity contribution is 7.14. The van der Waals surface area contributed by atoms with Gasteiger partial charge in [0, 0.05) is 37.5 Å². The summed E-state index contributed by atoms with van der Waals surface area (Å²) >= 11 is 1.39. The molecule has 3 heterocycles. The van der Waals surface area contributed by atoms with Crippen LogP contribution in [0, 0.1) is 5.92 Å². The number of furan rings is 1. The first kappa shape index (κ1) is 23.7. The number of piperidine rings is 1. The highest BCUT2D eigenvalue weighted by Crippen LogP contribution is 2.27. The molecule has 1 saturated heterocycles. The molecule has 1 aromatic carbocycles. The van der Waals surface area contributed by atoms with E-state index < -0.39 is 0 Å². The summed E-state index contributed by atoms with van der Waals surface area (Å²) in [4.78, 5) is 42.7. The minimum absolute atomic E-state index is 0.00895. The summed E-state index contributed by atoms with van der Waals surface area (Å²) in [6, 6.07) is 9.81. The molecular formula is C25H28N4O4S. The number of anilines is 1. The van der Waals surface area contributed by atoms with E-state index in [1.54, 1.807) is 11.0 Å². The van der Waals surface area contributed by atoms with E-state index in [-0.39, 0.29) is 23.6 Å². The van der Waals surface area contributed by atoms with Gasteiger partial charge in [-0.25, -0.2) is 4.98 Å². The van der Waals surface area contributed by atoms with Gasteiger partial charge in [0.05, 0.1) is 23.4 Å². The Morgan fingerprint density at radius 1 is 1.21 bits per heavy atom. The topological polar surface area (TPSA) is 105 Å². The van der Waals surface area contributed by atoms with Gasteiger partial charge >= 0.3 is 0 Å². The Balaban J connectivity index is 1.30. The zero-order valence-electron chi connectivity index (χ0n) is 19.1. The monoisotopic (exact) mass is 480 g/mol. The van der Waals surface area contributed by atoms with Crippen molar-refractivity contribution in [2.75, 3.05) is 25.0 Å². The second kappa shape index (κ2) is 11.1. The molecule has 1 fully saturated rings. The van der Waals surface area contributed by atoms with Crippen molar-refractivity contribution in [3.8, 4) is 11.3 Å². The Morgan fingerprint density at radius 3 is 2.76 bits per heavy atom. The van der Waals surface area contributed by atoms with Crippen molar-refractivity contribution in [1.29, 1.82) is 0 Å². The van der Waals surface area contributed by atoms with Gasteiger partial charge in [-0.1, -0.05) is 24.3 Å². The molecule has 3 aromatic rings. The van der Waals surface area contributed by atoms with Crippen LogP contribution >= 0.6 is 11.3 Å². The van der Waals surface area contributed by atoms with Gasteiger partial charge in [-0.15, -0.1) is 11.3 Å². The normalized spacial score (nSPS) is 15.7. The number of hydrogen-bond acceptors (Lipinski definition) is 6. The number of nitrogens with zero attached hydrogens (tertiary/aromatic N) is 2. The lowest BCUT2D eigenvalue weighted by Crippen LogP contribution is -2.43. The molecule has 0 radical (unpaired) electrons. The fourth-order valence-electron chi connectivity index (χ4n) is 4.01. The van der Waals surface area contributed by atoms with Crippen molar-refractivity contribution in [3.63, 3.8) is 0 Å². The average Bonchev–Trinajstić information content (AvgIpc) is 3.54. The average molecular weight is 481 g/mol. The molecule has 1 unspecified atom stereocenters. The molecule has 2 aromatic heterocycles. The molecule has 1 aliphatic heterocycles. The molecule has 4 rings (SSSR count). The standard InChI is InChI=1S/C25H28N4O4S/c1-17(30)26-11-2-4-18-6-8-19(9-7-18)22-16-34-25(27-22)28-23(31)20-5-3-12-29(14-20)24(32)21-10-13-33-15-21/h6-10,13,15-16,20H,2-5,11-12,14H2,1H3,(H,26,30)(H,27,28,31). The lowest BCUT2D eigenvalue weighted by molar-refractivity contribution is -0.121. The summed E-state index contributed by atoms with van der Waals surface area (Å²) in [5, 5.41) is 8.21. The van der Waals surface area contributed by atoms with Crippen molar-refractivity contribution < 1.29 is 18.8 Å². The Kier molecular flexibility index (Phi) is 7.74. The molecule has 2 N–H and O–H groups in total. The number of rotatable bonds is 8. The maximum absolute atomic E-state index is 12.9. The molecule has 0 bridgehead atoms. The van der Waals surface area contributed by atoms with Crippen LogP contribution in [0.15, 0.2) is 52.7 Å². The minimum Gasteiger partial charge on any atom is -0.472 e. The van der Waals surface area contributed by atoms with Crippen LogP contribution in [0.1, 0.15) is 42.1 Å². The Labute approximate surface area is 202 Å². The number of nitrogens with one attached hydrogen (secondary N) is 2. The van der Waals surface area contributed by atoms with E-state index in [1.165, 1.54) is 36.4 Å². The van der Waals surface area contributed by atoms with Gasteiger partial charge < -0.3 is 20.0 Å². The summed E-state index contributed by atoms with van der Waals surface area (Å²) < 4.78 is 5.01. The highest BCUT2D eigenvalue weighted by atomic mass is 32.1. The largest absolute Gasteiger partial charge is 0.472 e. The molecular weight excluding hydrogens is 452 g/mol. The lowest BCUT2D eigenvalue weighted by Gasteiger charge is -2.31. The Hall–Kier alpha value is -3.46. The first-order valence-corrected chi connectivity index (χ1v) is 12.3. The highest BCUT2D eigenvalue weighted by Gasteiger charge is 2.29. The van der Waals surface area contributed by atoms with Gasteiger partial charge in [-0.3, -0.25) is 14.4 Å². The fourth-order valence-corrected chi connectivity index (χ4v) is 4.74. The smallest absolute Gasteiger partial charge is 0.257 e. The number of amides is 3. The van der Waals surface area contributed by atoms with E-state index in [1.807, 2.05) is 17.5 Å². The molecule has 9 heteroatoms. The van der Waals surface area contributed by atoms with Gasteiger partial charge in [-0.2, -0.15) is 0 Å². The van der Waals surface area contributed by atoms with Crippen molar-refractivity contribution in [2.45, 2.75) is 32.6 Å². The first-order valence-electron chi connectivity index (χ1n) is 11.4. The van der Waals surface area contributed by atoms with Crippen LogP contribution in [0.2, 0.25) is 0 Å². The third kappa shape index (κ3) is 6.11. The molecule has 0 spiro atoms. The zero-order chi connectivity index (χ0) is 23.9. The number of carbonyl (C=O) groups is 3. The third-order valence-corrected chi connectivity index (χ3v) is 6.61. The SMILES string of the molecule is CC(=O)NCCCc1ccc(-c2csc(NC(=O)C3CCCN(C(=O)c4ccoc4)C3)n2)cc1. The second-order valence-electron chi connectivity index (χ2n) is 8.41. The van der Waals surface area contributed by atoms with Crippen LogP contribution in [-0.2, 0) is 16.0 Å². The number of carbonyl (C=O) groups excluding carboxylic acids is 3. The number of benzene rings is 1. The quantitative estimate of drug-likeness (QED) is 0.475. The predicted octanol–water partition coefficient (Wildman–Crippen LogP) is 3.96. The molecule has 3 amide bonds. The van der Waals surface area contributed by atoms with E-state index in [9.17, 15) is 14.4 Å². The molecule has 34 heavy (non-hydrogen) atoms. The van der Waals surface area contributed by atoms with Gasteiger partial charge in [0.15, 0.2) is 5.13 Å². The zero-order valence-corrected chi connectivity index (χ0v) is 19.9. The second-order valence-corrected chi connectivity index (χ2v) is 9.27. The Bertz CT molecular complexity index is 1120. The van der Waals surface area contributed by atoms with Crippen molar-refractivity contribution in [3.05, 3.63) is 59.4 Å². The van der Waals surface area contributed by atoms with E-state index >= 15 is 0 Å². The number of thiazole rings is 1. The van der Waals surface area contributed by atoms with Crippen molar-refractivity contribution in [2.24, 2.45) is 5.92 Å². The molecule has 0 aliphatic carbocycles. The van der Waals surface area contributed by atoms with Crippen LogP contribution in [0.3, 0.4) is 0 Å². The number of hydrogen-bond donors (Lipinski definition) is 2. The van der Waals surface area contributed by atoms with Gasteiger partial charge in [0.1, 0.15) is 6.26 Å². The summed E-state index contributed by atoms with van der Waals surface area (Å²) in [5.41, 5.74) is 3.50. The van der Waals surface area contributed by atoms with Crippen LogP contribution in [-0.4, -0.2) is 47.2 Å².